The second kappa shape index (κ2) is 7.89. The number of fused-ring (bicyclic) bond motifs is 1. The minimum Gasteiger partial charge on any atom is -0.482 e. The summed E-state index contributed by atoms with van der Waals surface area (Å²) in [4.78, 5) is 40.0. The standard InChI is InChI=1S/C20H26N2O4/c1-14(23)15-8-9-18-17(12-15)22(20(25)13-26-18)11-10-19(24)21(2)16-6-4-3-5-7-16/h8-9,12,16H,3-7,10-11,13H2,1-2H3. The summed E-state index contributed by atoms with van der Waals surface area (Å²) < 4.78 is 5.45. The zero-order chi connectivity index (χ0) is 18.7. The molecule has 2 amide bonds. The van der Waals surface area contributed by atoms with Crippen LogP contribution in [-0.2, 0) is 9.59 Å². The number of amides is 2. The number of Topliss-reactive ketones (excluding diaryl/α,β-unsaturated/α-hetero) is 1. The highest BCUT2D eigenvalue weighted by Gasteiger charge is 2.28. The van der Waals surface area contributed by atoms with E-state index >= 15 is 0 Å². The van der Waals surface area contributed by atoms with E-state index in [1.54, 1.807) is 23.1 Å². The third-order valence-corrected chi connectivity index (χ3v) is 5.37. The molecule has 1 heterocycles. The van der Waals surface area contributed by atoms with Gasteiger partial charge < -0.3 is 14.5 Å². The molecule has 3 rings (SSSR count). The lowest BCUT2D eigenvalue weighted by molar-refractivity contribution is -0.132. The van der Waals surface area contributed by atoms with Gasteiger partial charge in [-0.3, -0.25) is 14.4 Å². The van der Waals surface area contributed by atoms with E-state index in [1.165, 1.54) is 26.2 Å². The van der Waals surface area contributed by atoms with E-state index in [-0.39, 0.29) is 30.6 Å². The largest absolute Gasteiger partial charge is 0.482 e. The average Bonchev–Trinajstić information content (AvgIpc) is 2.66. The second-order valence-electron chi connectivity index (χ2n) is 7.12. The lowest BCUT2D eigenvalue weighted by Crippen LogP contribution is -2.43. The molecule has 0 unspecified atom stereocenters. The third kappa shape index (κ3) is 3.89. The molecule has 1 aromatic carbocycles. The van der Waals surface area contributed by atoms with E-state index in [4.69, 9.17) is 4.74 Å². The first-order valence-corrected chi connectivity index (χ1v) is 9.31. The van der Waals surface area contributed by atoms with E-state index in [0.29, 0.717) is 29.6 Å². The van der Waals surface area contributed by atoms with Crippen molar-refractivity contribution >= 4 is 23.3 Å². The molecule has 0 N–H and O–H groups in total. The Balaban J connectivity index is 1.69. The quantitative estimate of drug-likeness (QED) is 0.759. The number of carbonyl (C=O) groups excluding carboxylic acids is 3. The number of anilines is 1. The normalized spacial score (nSPS) is 17.5. The third-order valence-electron chi connectivity index (χ3n) is 5.37. The smallest absolute Gasteiger partial charge is 0.265 e. The summed E-state index contributed by atoms with van der Waals surface area (Å²) in [6.07, 6.45) is 5.97. The first-order chi connectivity index (χ1) is 12.5. The van der Waals surface area contributed by atoms with Crippen LogP contribution in [0.2, 0.25) is 0 Å². The first-order valence-electron chi connectivity index (χ1n) is 9.31. The fourth-order valence-electron chi connectivity index (χ4n) is 3.72. The van der Waals surface area contributed by atoms with Crippen molar-refractivity contribution in [2.75, 3.05) is 25.1 Å². The van der Waals surface area contributed by atoms with Crippen LogP contribution < -0.4 is 9.64 Å². The Kier molecular flexibility index (Phi) is 5.59. The molecule has 6 heteroatoms. The topological polar surface area (TPSA) is 66.9 Å². The van der Waals surface area contributed by atoms with E-state index < -0.39 is 0 Å². The summed E-state index contributed by atoms with van der Waals surface area (Å²) in [5.74, 6) is 0.369. The Hall–Kier alpha value is -2.37. The molecule has 0 bridgehead atoms. The van der Waals surface area contributed by atoms with Gasteiger partial charge in [0.25, 0.3) is 5.91 Å². The van der Waals surface area contributed by atoms with Crippen LogP contribution in [-0.4, -0.2) is 48.7 Å². The van der Waals surface area contributed by atoms with E-state index in [9.17, 15) is 14.4 Å². The molecule has 0 atom stereocenters. The van der Waals surface area contributed by atoms with Gasteiger partial charge in [0.2, 0.25) is 5.91 Å². The maximum atomic E-state index is 12.6. The fourth-order valence-corrected chi connectivity index (χ4v) is 3.72. The predicted molar refractivity (Wildman–Crippen MR) is 98.6 cm³/mol. The van der Waals surface area contributed by atoms with Crippen LogP contribution >= 0.6 is 0 Å². The summed E-state index contributed by atoms with van der Waals surface area (Å²) in [7, 11) is 1.86. The molecule has 0 spiro atoms. The molecule has 0 saturated heterocycles. The van der Waals surface area contributed by atoms with Crippen molar-refractivity contribution in [2.24, 2.45) is 0 Å². The maximum absolute atomic E-state index is 12.6. The minimum atomic E-state index is -0.189. The molecule has 2 aliphatic rings. The molecular weight excluding hydrogens is 332 g/mol. The van der Waals surface area contributed by atoms with Crippen molar-refractivity contribution in [3.63, 3.8) is 0 Å². The highest BCUT2D eigenvalue weighted by atomic mass is 16.5. The highest BCUT2D eigenvalue weighted by molar-refractivity contribution is 6.01. The summed E-state index contributed by atoms with van der Waals surface area (Å²) >= 11 is 0. The average molecular weight is 358 g/mol. The minimum absolute atomic E-state index is 0.0426. The van der Waals surface area contributed by atoms with Gasteiger partial charge in [-0.25, -0.2) is 0 Å². The molecule has 6 nitrogen and oxygen atoms in total. The van der Waals surface area contributed by atoms with Crippen molar-refractivity contribution in [1.82, 2.24) is 4.90 Å². The van der Waals surface area contributed by atoms with Crippen molar-refractivity contribution in [3.05, 3.63) is 23.8 Å². The number of rotatable bonds is 5. The maximum Gasteiger partial charge on any atom is 0.265 e. The van der Waals surface area contributed by atoms with Crippen molar-refractivity contribution in [1.29, 1.82) is 0 Å². The van der Waals surface area contributed by atoms with Crippen LogP contribution in [0.25, 0.3) is 0 Å². The zero-order valence-electron chi connectivity index (χ0n) is 15.5. The predicted octanol–water partition coefficient (Wildman–Crippen LogP) is 2.80. The number of carbonyl (C=O) groups is 3. The summed E-state index contributed by atoms with van der Waals surface area (Å²) in [5.41, 5.74) is 1.10. The van der Waals surface area contributed by atoms with Gasteiger partial charge in [0.15, 0.2) is 12.4 Å². The number of ether oxygens (including phenoxy) is 1. The Morgan fingerprint density at radius 3 is 2.65 bits per heavy atom. The molecule has 26 heavy (non-hydrogen) atoms. The van der Waals surface area contributed by atoms with E-state index in [2.05, 4.69) is 0 Å². The number of nitrogens with zero attached hydrogens (tertiary/aromatic N) is 2. The summed E-state index contributed by atoms with van der Waals surface area (Å²) in [5, 5.41) is 0. The van der Waals surface area contributed by atoms with Crippen molar-refractivity contribution < 1.29 is 19.1 Å². The molecule has 0 aromatic heterocycles. The van der Waals surface area contributed by atoms with Gasteiger partial charge in [0.05, 0.1) is 5.69 Å². The number of hydrogen-bond acceptors (Lipinski definition) is 4. The SMILES string of the molecule is CC(=O)c1ccc2c(c1)N(CCC(=O)N(C)C1CCCCC1)C(=O)CO2. The highest BCUT2D eigenvalue weighted by Crippen LogP contribution is 2.33. The Labute approximate surface area is 154 Å². The van der Waals surface area contributed by atoms with Crippen LogP contribution in [0.1, 0.15) is 55.8 Å². The molecular formula is C20H26N2O4. The summed E-state index contributed by atoms with van der Waals surface area (Å²) in [6, 6.07) is 5.39. The van der Waals surface area contributed by atoms with Crippen molar-refractivity contribution in [2.45, 2.75) is 51.5 Å². The number of hydrogen-bond donors (Lipinski definition) is 0. The van der Waals surface area contributed by atoms with Crippen LogP contribution in [0.4, 0.5) is 5.69 Å². The monoisotopic (exact) mass is 358 g/mol. The molecule has 1 aliphatic heterocycles. The van der Waals surface area contributed by atoms with Gasteiger partial charge in [-0.1, -0.05) is 19.3 Å². The van der Waals surface area contributed by atoms with Gasteiger partial charge in [-0.2, -0.15) is 0 Å². The second-order valence-corrected chi connectivity index (χ2v) is 7.12. The Morgan fingerprint density at radius 1 is 1.23 bits per heavy atom. The molecule has 0 radical (unpaired) electrons. The van der Waals surface area contributed by atoms with Crippen LogP contribution in [0.3, 0.4) is 0 Å². The fraction of sp³-hybridized carbons (Fsp3) is 0.550. The van der Waals surface area contributed by atoms with Gasteiger partial charge in [-0.05, 0) is 38.0 Å². The number of ketones is 1. The van der Waals surface area contributed by atoms with Crippen LogP contribution in [0, 0.1) is 0 Å². The Morgan fingerprint density at radius 2 is 1.96 bits per heavy atom. The van der Waals surface area contributed by atoms with Crippen LogP contribution in [0.15, 0.2) is 18.2 Å². The first kappa shape index (κ1) is 18.4. The summed E-state index contributed by atoms with van der Waals surface area (Å²) in [6.45, 7) is 1.74. The molecule has 140 valence electrons. The van der Waals surface area contributed by atoms with Gasteiger partial charge >= 0.3 is 0 Å². The van der Waals surface area contributed by atoms with Crippen molar-refractivity contribution in [3.8, 4) is 5.75 Å². The lowest BCUT2D eigenvalue weighted by Gasteiger charge is -2.33. The van der Waals surface area contributed by atoms with E-state index in [1.807, 2.05) is 11.9 Å². The number of benzene rings is 1. The molecule has 1 saturated carbocycles. The van der Waals surface area contributed by atoms with Gasteiger partial charge in [0, 0.05) is 31.6 Å². The Bertz CT molecular complexity index is 710. The van der Waals surface area contributed by atoms with E-state index in [0.717, 1.165) is 12.8 Å². The van der Waals surface area contributed by atoms with Crippen LogP contribution in [0.5, 0.6) is 5.75 Å². The molecule has 1 fully saturated rings. The van der Waals surface area contributed by atoms with Gasteiger partial charge in [-0.15, -0.1) is 0 Å². The van der Waals surface area contributed by atoms with Gasteiger partial charge in [0.1, 0.15) is 5.75 Å². The molecule has 1 aromatic rings. The zero-order valence-corrected chi connectivity index (χ0v) is 15.5. The lowest BCUT2D eigenvalue weighted by atomic mass is 9.94. The molecule has 1 aliphatic carbocycles.